The van der Waals surface area contributed by atoms with Crippen molar-refractivity contribution in [2.24, 2.45) is 5.10 Å². The van der Waals surface area contributed by atoms with Crippen LogP contribution >= 0.6 is 11.3 Å². The van der Waals surface area contributed by atoms with Crippen LogP contribution in [0.1, 0.15) is 11.1 Å². The zero-order chi connectivity index (χ0) is 20.4. The first kappa shape index (κ1) is 19.6. The highest BCUT2D eigenvalue weighted by Crippen LogP contribution is 2.24. The standard InChI is InChI=1S/C25H21N3OS/c1-3-9-20(10-4-1)12-8-16-29-23-15-7-11-21(17-23)18-26-28-25-27-24(19-30-25)22-13-5-2-6-14-22/h1-15,17-19H,16H2,(H,27,28). The van der Waals surface area contributed by atoms with Crippen molar-refractivity contribution >= 4 is 28.8 Å². The predicted molar refractivity (Wildman–Crippen MR) is 126 cm³/mol. The van der Waals surface area contributed by atoms with Gasteiger partial charge in [-0.3, -0.25) is 5.43 Å². The Morgan fingerprint density at radius 3 is 2.50 bits per heavy atom. The largest absolute Gasteiger partial charge is 0.490 e. The first-order valence-corrected chi connectivity index (χ1v) is 10.5. The molecule has 4 nitrogen and oxygen atoms in total. The van der Waals surface area contributed by atoms with Crippen LogP contribution in [-0.4, -0.2) is 17.8 Å². The maximum absolute atomic E-state index is 5.81. The van der Waals surface area contributed by atoms with Gasteiger partial charge < -0.3 is 4.74 Å². The minimum Gasteiger partial charge on any atom is -0.490 e. The third-order valence-corrected chi connectivity index (χ3v) is 5.01. The van der Waals surface area contributed by atoms with Crippen molar-refractivity contribution in [2.75, 3.05) is 12.0 Å². The third-order valence-electron chi connectivity index (χ3n) is 4.26. The minimum atomic E-state index is 0.509. The Balaban J connectivity index is 1.30. The Hall–Kier alpha value is -3.70. The molecule has 30 heavy (non-hydrogen) atoms. The van der Waals surface area contributed by atoms with Crippen molar-refractivity contribution in [3.63, 3.8) is 0 Å². The third kappa shape index (κ3) is 5.65. The number of aromatic nitrogens is 1. The maximum atomic E-state index is 5.81. The molecule has 0 amide bonds. The molecule has 0 aliphatic heterocycles. The van der Waals surface area contributed by atoms with Crippen LogP contribution in [0.5, 0.6) is 5.75 Å². The Morgan fingerprint density at radius 1 is 0.900 bits per heavy atom. The number of benzene rings is 3. The van der Waals surface area contributed by atoms with Gasteiger partial charge in [0.1, 0.15) is 12.4 Å². The molecule has 0 bridgehead atoms. The summed E-state index contributed by atoms with van der Waals surface area (Å²) >= 11 is 1.53. The molecule has 4 aromatic rings. The average molecular weight is 412 g/mol. The number of ether oxygens (including phenoxy) is 1. The quantitative estimate of drug-likeness (QED) is 0.271. The van der Waals surface area contributed by atoms with Crippen LogP contribution in [0.2, 0.25) is 0 Å². The van der Waals surface area contributed by atoms with Gasteiger partial charge in [0.2, 0.25) is 5.13 Å². The highest BCUT2D eigenvalue weighted by molar-refractivity contribution is 7.14. The summed E-state index contributed by atoms with van der Waals surface area (Å²) in [5.41, 5.74) is 7.14. The van der Waals surface area contributed by atoms with Crippen LogP contribution in [0.15, 0.2) is 101 Å². The SMILES string of the molecule is C(=Cc1ccccc1)COc1cccc(C=NNc2nc(-c3ccccc3)cs2)c1. The molecule has 148 valence electrons. The number of hydrogen-bond donors (Lipinski definition) is 1. The van der Waals surface area contributed by atoms with E-state index in [0.717, 1.165) is 33.3 Å². The molecule has 1 aromatic heterocycles. The van der Waals surface area contributed by atoms with Gasteiger partial charge in [-0.15, -0.1) is 11.3 Å². The van der Waals surface area contributed by atoms with Crippen LogP contribution in [-0.2, 0) is 0 Å². The van der Waals surface area contributed by atoms with Gasteiger partial charge in [0.05, 0.1) is 11.9 Å². The Bertz CT molecular complexity index is 1120. The number of hydrogen-bond acceptors (Lipinski definition) is 5. The number of hydrazone groups is 1. The minimum absolute atomic E-state index is 0.509. The average Bonchev–Trinajstić information content (AvgIpc) is 3.27. The molecule has 0 aliphatic carbocycles. The Kier molecular flexibility index (Phi) is 6.66. The van der Waals surface area contributed by atoms with E-state index in [1.807, 2.05) is 90.3 Å². The van der Waals surface area contributed by atoms with Gasteiger partial charge in [0.25, 0.3) is 0 Å². The van der Waals surface area contributed by atoms with Gasteiger partial charge in [0.15, 0.2) is 0 Å². The van der Waals surface area contributed by atoms with Crippen molar-refractivity contribution in [2.45, 2.75) is 0 Å². The second-order valence-corrected chi connectivity index (χ2v) is 7.33. The molecule has 0 fully saturated rings. The second kappa shape index (κ2) is 10.2. The lowest BCUT2D eigenvalue weighted by atomic mass is 10.2. The summed E-state index contributed by atoms with van der Waals surface area (Å²) in [6, 6.07) is 28.1. The maximum Gasteiger partial charge on any atom is 0.203 e. The molecule has 0 saturated heterocycles. The lowest BCUT2D eigenvalue weighted by Gasteiger charge is -2.04. The van der Waals surface area contributed by atoms with Crippen molar-refractivity contribution in [3.8, 4) is 17.0 Å². The zero-order valence-electron chi connectivity index (χ0n) is 16.3. The van der Waals surface area contributed by atoms with Crippen LogP contribution in [0, 0.1) is 0 Å². The van der Waals surface area contributed by atoms with Crippen molar-refractivity contribution in [1.29, 1.82) is 0 Å². The fraction of sp³-hybridized carbons (Fsp3) is 0.0400. The van der Waals surface area contributed by atoms with Gasteiger partial charge in [-0.05, 0) is 29.3 Å². The normalized spacial score (nSPS) is 11.2. The van der Waals surface area contributed by atoms with E-state index in [9.17, 15) is 0 Å². The molecule has 5 heteroatoms. The summed E-state index contributed by atoms with van der Waals surface area (Å²) < 4.78 is 5.81. The molecule has 0 atom stereocenters. The molecule has 3 aromatic carbocycles. The number of nitrogens with one attached hydrogen (secondary N) is 1. The van der Waals surface area contributed by atoms with E-state index in [2.05, 4.69) is 27.6 Å². The molecule has 0 saturated carbocycles. The molecule has 0 spiro atoms. The van der Waals surface area contributed by atoms with Gasteiger partial charge >= 0.3 is 0 Å². The molecular weight excluding hydrogens is 390 g/mol. The summed E-state index contributed by atoms with van der Waals surface area (Å²) in [4.78, 5) is 4.57. The fourth-order valence-corrected chi connectivity index (χ4v) is 3.47. The fourth-order valence-electron chi connectivity index (χ4n) is 2.81. The molecule has 1 N–H and O–H groups in total. The lowest BCUT2D eigenvalue weighted by molar-refractivity contribution is 0.363. The Labute approximate surface area is 180 Å². The van der Waals surface area contributed by atoms with E-state index in [1.165, 1.54) is 11.3 Å². The van der Waals surface area contributed by atoms with E-state index < -0.39 is 0 Å². The number of rotatable bonds is 8. The van der Waals surface area contributed by atoms with E-state index in [0.29, 0.717) is 6.61 Å². The van der Waals surface area contributed by atoms with E-state index in [1.54, 1.807) is 6.21 Å². The highest BCUT2D eigenvalue weighted by atomic mass is 32.1. The smallest absolute Gasteiger partial charge is 0.203 e. The molecule has 1 heterocycles. The molecule has 4 rings (SSSR count). The van der Waals surface area contributed by atoms with Crippen LogP contribution in [0.3, 0.4) is 0 Å². The summed E-state index contributed by atoms with van der Waals surface area (Å²) in [7, 11) is 0. The molecular formula is C25H21N3OS. The molecule has 0 radical (unpaired) electrons. The van der Waals surface area contributed by atoms with E-state index in [4.69, 9.17) is 4.74 Å². The van der Waals surface area contributed by atoms with Crippen LogP contribution < -0.4 is 10.2 Å². The highest BCUT2D eigenvalue weighted by Gasteiger charge is 2.02. The number of nitrogens with zero attached hydrogens (tertiary/aromatic N) is 2. The second-order valence-electron chi connectivity index (χ2n) is 6.47. The number of anilines is 1. The van der Waals surface area contributed by atoms with Gasteiger partial charge in [0, 0.05) is 10.9 Å². The van der Waals surface area contributed by atoms with Gasteiger partial charge in [-0.1, -0.05) is 78.9 Å². The van der Waals surface area contributed by atoms with E-state index in [-0.39, 0.29) is 0 Å². The summed E-state index contributed by atoms with van der Waals surface area (Å²) in [5.74, 6) is 0.803. The Morgan fingerprint density at radius 2 is 1.67 bits per heavy atom. The first-order valence-electron chi connectivity index (χ1n) is 9.61. The molecule has 0 unspecified atom stereocenters. The first-order chi connectivity index (χ1) is 14.9. The summed E-state index contributed by atoms with van der Waals surface area (Å²) in [5, 5.41) is 7.07. The summed E-state index contributed by atoms with van der Waals surface area (Å²) in [6.45, 7) is 0.509. The van der Waals surface area contributed by atoms with Gasteiger partial charge in [-0.25, -0.2) is 4.98 Å². The van der Waals surface area contributed by atoms with Crippen molar-refractivity contribution in [1.82, 2.24) is 4.98 Å². The van der Waals surface area contributed by atoms with E-state index >= 15 is 0 Å². The van der Waals surface area contributed by atoms with Gasteiger partial charge in [-0.2, -0.15) is 5.10 Å². The lowest BCUT2D eigenvalue weighted by Crippen LogP contribution is -1.95. The van der Waals surface area contributed by atoms with Crippen LogP contribution in [0.4, 0.5) is 5.13 Å². The zero-order valence-corrected chi connectivity index (χ0v) is 17.1. The monoisotopic (exact) mass is 411 g/mol. The topological polar surface area (TPSA) is 46.5 Å². The molecule has 0 aliphatic rings. The predicted octanol–water partition coefficient (Wildman–Crippen LogP) is 6.35. The van der Waals surface area contributed by atoms with Crippen LogP contribution in [0.25, 0.3) is 17.3 Å². The van der Waals surface area contributed by atoms with Crippen molar-refractivity contribution in [3.05, 3.63) is 108 Å². The number of thiazole rings is 1. The van der Waals surface area contributed by atoms with Crippen molar-refractivity contribution < 1.29 is 4.74 Å². The summed E-state index contributed by atoms with van der Waals surface area (Å²) in [6.07, 6.45) is 5.81.